The number of ether oxygens (including phenoxy) is 1. The second kappa shape index (κ2) is 9.33. The second-order valence-corrected chi connectivity index (χ2v) is 5.95. The molecule has 0 aliphatic rings. The van der Waals surface area contributed by atoms with Gasteiger partial charge in [0.2, 0.25) is 6.23 Å². The van der Waals surface area contributed by atoms with E-state index in [2.05, 4.69) is 0 Å². The molecule has 122 valence electrons. The van der Waals surface area contributed by atoms with Crippen LogP contribution < -0.4 is 0 Å². The normalized spacial score (nSPS) is 12.7. The van der Waals surface area contributed by atoms with Crippen molar-refractivity contribution in [2.45, 2.75) is 51.2 Å². The Morgan fingerprint density at radius 3 is 1.90 bits per heavy atom. The maximum absolute atomic E-state index is 11.7. The minimum atomic E-state index is -0.918. The largest absolute Gasteiger partial charge is 0.481 e. The standard InChI is InChI=1S/C14H25NO6/c1-15(2,3)11(9-10-13(18)19)21-14(20)8-6-4-5-7-12(16)17/h11H,4-10H2,1-3H3,(H-,16,17,18,19)/p+1/t11-/m0/s1. The van der Waals surface area contributed by atoms with Crippen LogP contribution in [0.25, 0.3) is 0 Å². The zero-order chi connectivity index (χ0) is 16.5. The summed E-state index contributed by atoms with van der Waals surface area (Å²) >= 11 is 0. The summed E-state index contributed by atoms with van der Waals surface area (Å²) in [5, 5.41) is 17.2. The molecule has 2 N–H and O–H groups in total. The van der Waals surface area contributed by atoms with E-state index in [0.717, 1.165) is 0 Å². The smallest absolute Gasteiger partial charge is 0.310 e. The monoisotopic (exact) mass is 304 g/mol. The minimum absolute atomic E-state index is 0.0495. The highest BCUT2D eigenvalue weighted by Crippen LogP contribution is 2.14. The van der Waals surface area contributed by atoms with Gasteiger partial charge in [-0.05, 0) is 12.8 Å². The van der Waals surface area contributed by atoms with E-state index in [9.17, 15) is 14.4 Å². The van der Waals surface area contributed by atoms with Crippen LogP contribution in [0.1, 0.15) is 44.9 Å². The van der Waals surface area contributed by atoms with Gasteiger partial charge in [-0.25, -0.2) is 0 Å². The average molecular weight is 304 g/mol. The maximum Gasteiger partial charge on any atom is 0.310 e. The van der Waals surface area contributed by atoms with Crippen molar-refractivity contribution < 1.29 is 33.8 Å². The SMILES string of the molecule is C[N+](C)(C)[C@H](CCC(=O)O)OC(=O)CCCCCC(=O)O. The number of hydrogen-bond acceptors (Lipinski definition) is 4. The first kappa shape index (κ1) is 19.4. The molecule has 0 spiro atoms. The maximum atomic E-state index is 11.7. The molecular formula is C14H26NO6+. The number of nitrogens with zero attached hydrogens (tertiary/aromatic N) is 1. The summed E-state index contributed by atoms with van der Waals surface area (Å²) in [5.41, 5.74) is 0. The van der Waals surface area contributed by atoms with Crippen molar-refractivity contribution in [1.29, 1.82) is 0 Å². The molecule has 0 aromatic carbocycles. The van der Waals surface area contributed by atoms with E-state index in [1.165, 1.54) is 0 Å². The number of carbonyl (C=O) groups excluding carboxylic acids is 1. The van der Waals surface area contributed by atoms with Crippen molar-refractivity contribution in [3.8, 4) is 0 Å². The summed E-state index contributed by atoms with van der Waals surface area (Å²) in [7, 11) is 5.52. The molecule has 0 saturated carbocycles. The van der Waals surface area contributed by atoms with Crippen molar-refractivity contribution in [3.05, 3.63) is 0 Å². The van der Waals surface area contributed by atoms with E-state index in [1.54, 1.807) is 0 Å². The van der Waals surface area contributed by atoms with Crippen molar-refractivity contribution in [3.63, 3.8) is 0 Å². The van der Waals surface area contributed by atoms with Gasteiger partial charge in [0.15, 0.2) is 0 Å². The van der Waals surface area contributed by atoms with E-state index < -0.39 is 18.2 Å². The van der Waals surface area contributed by atoms with Gasteiger partial charge in [-0.3, -0.25) is 18.9 Å². The number of unbranched alkanes of at least 4 members (excludes halogenated alkanes) is 2. The highest BCUT2D eigenvalue weighted by atomic mass is 16.6. The molecule has 0 saturated heterocycles. The van der Waals surface area contributed by atoms with E-state index in [-0.39, 0.29) is 31.7 Å². The number of rotatable bonds is 11. The molecule has 7 heteroatoms. The molecule has 7 nitrogen and oxygen atoms in total. The predicted octanol–water partition coefficient (Wildman–Crippen LogP) is 1.46. The topological polar surface area (TPSA) is 101 Å². The number of carboxylic acids is 2. The van der Waals surface area contributed by atoms with Gasteiger partial charge in [0.1, 0.15) is 0 Å². The number of esters is 1. The molecule has 0 aliphatic carbocycles. The van der Waals surface area contributed by atoms with Crippen molar-refractivity contribution in [1.82, 2.24) is 0 Å². The Labute approximate surface area is 125 Å². The van der Waals surface area contributed by atoms with Crippen LogP contribution >= 0.6 is 0 Å². The fourth-order valence-corrected chi connectivity index (χ4v) is 1.78. The Kier molecular flexibility index (Phi) is 8.61. The molecule has 0 aromatic rings. The highest BCUT2D eigenvalue weighted by molar-refractivity contribution is 5.69. The molecule has 0 bridgehead atoms. The summed E-state index contributed by atoms with van der Waals surface area (Å²) in [6.07, 6.45) is 1.84. The Balaban J connectivity index is 4.10. The van der Waals surface area contributed by atoms with Crippen LogP contribution in [-0.4, -0.2) is 60.0 Å². The molecular weight excluding hydrogens is 278 g/mol. The summed E-state index contributed by atoms with van der Waals surface area (Å²) in [4.78, 5) is 32.7. The van der Waals surface area contributed by atoms with Gasteiger partial charge in [0.05, 0.1) is 27.6 Å². The Morgan fingerprint density at radius 1 is 0.905 bits per heavy atom. The van der Waals surface area contributed by atoms with E-state index >= 15 is 0 Å². The number of carboxylic acid groups (broad SMARTS) is 2. The number of carbonyl (C=O) groups is 3. The number of aliphatic carboxylic acids is 2. The zero-order valence-electron chi connectivity index (χ0n) is 13.0. The lowest BCUT2D eigenvalue weighted by Gasteiger charge is -2.32. The van der Waals surface area contributed by atoms with Crippen molar-refractivity contribution in [2.75, 3.05) is 21.1 Å². The average Bonchev–Trinajstić information content (AvgIpc) is 2.31. The third kappa shape index (κ3) is 10.8. The van der Waals surface area contributed by atoms with E-state index in [4.69, 9.17) is 14.9 Å². The molecule has 0 radical (unpaired) electrons. The number of hydrogen-bond donors (Lipinski definition) is 2. The van der Waals surface area contributed by atoms with Crippen molar-refractivity contribution in [2.24, 2.45) is 0 Å². The van der Waals surface area contributed by atoms with Crippen molar-refractivity contribution >= 4 is 17.9 Å². The molecule has 0 fully saturated rings. The Bertz CT molecular complexity index is 361. The fraction of sp³-hybridized carbons (Fsp3) is 0.786. The van der Waals surface area contributed by atoms with Gasteiger partial charge >= 0.3 is 17.9 Å². The molecule has 0 rings (SSSR count). The first-order chi connectivity index (χ1) is 9.62. The summed E-state index contributed by atoms with van der Waals surface area (Å²) in [5.74, 6) is -2.12. The van der Waals surface area contributed by atoms with Crippen LogP contribution in [0, 0.1) is 0 Å². The van der Waals surface area contributed by atoms with E-state index in [0.29, 0.717) is 23.7 Å². The number of quaternary nitrogens is 1. The Morgan fingerprint density at radius 2 is 1.43 bits per heavy atom. The molecule has 0 aliphatic heterocycles. The second-order valence-electron chi connectivity index (χ2n) is 5.95. The summed E-state index contributed by atoms with van der Waals surface area (Å²) < 4.78 is 5.69. The van der Waals surface area contributed by atoms with Gasteiger partial charge < -0.3 is 14.9 Å². The summed E-state index contributed by atoms with van der Waals surface area (Å²) in [6, 6.07) is 0. The van der Waals surface area contributed by atoms with Gasteiger partial charge in [-0.1, -0.05) is 6.42 Å². The van der Waals surface area contributed by atoms with Gasteiger partial charge in [-0.2, -0.15) is 0 Å². The first-order valence-corrected chi connectivity index (χ1v) is 7.07. The van der Waals surface area contributed by atoms with E-state index in [1.807, 2.05) is 21.1 Å². The summed E-state index contributed by atoms with van der Waals surface area (Å²) in [6.45, 7) is 0. The van der Waals surface area contributed by atoms with Gasteiger partial charge in [-0.15, -0.1) is 0 Å². The Hall–Kier alpha value is -1.63. The quantitative estimate of drug-likeness (QED) is 0.259. The molecule has 0 amide bonds. The first-order valence-electron chi connectivity index (χ1n) is 7.07. The van der Waals surface area contributed by atoms with Crippen LogP contribution in [-0.2, 0) is 19.1 Å². The lowest BCUT2D eigenvalue weighted by molar-refractivity contribution is -0.917. The van der Waals surface area contributed by atoms with Crippen LogP contribution in [0.4, 0.5) is 0 Å². The van der Waals surface area contributed by atoms with Gasteiger partial charge in [0, 0.05) is 19.3 Å². The lowest BCUT2D eigenvalue weighted by Crippen LogP contribution is -2.47. The molecule has 0 aromatic heterocycles. The van der Waals surface area contributed by atoms with Gasteiger partial charge in [0.25, 0.3) is 0 Å². The lowest BCUT2D eigenvalue weighted by atomic mass is 10.1. The molecule has 0 unspecified atom stereocenters. The third-order valence-electron chi connectivity index (χ3n) is 3.01. The molecule has 21 heavy (non-hydrogen) atoms. The third-order valence-corrected chi connectivity index (χ3v) is 3.01. The fourth-order valence-electron chi connectivity index (χ4n) is 1.78. The highest BCUT2D eigenvalue weighted by Gasteiger charge is 2.28. The van der Waals surface area contributed by atoms with Crippen LogP contribution in [0.5, 0.6) is 0 Å². The van der Waals surface area contributed by atoms with Crippen LogP contribution in [0.15, 0.2) is 0 Å². The predicted molar refractivity (Wildman–Crippen MR) is 75.5 cm³/mol. The zero-order valence-corrected chi connectivity index (χ0v) is 13.0. The van der Waals surface area contributed by atoms with Crippen LogP contribution in [0.2, 0.25) is 0 Å². The minimum Gasteiger partial charge on any atom is -0.481 e. The van der Waals surface area contributed by atoms with Crippen LogP contribution in [0.3, 0.4) is 0 Å². The molecule has 1 atom stereocenters. The molecule has 0 heterocycles.